The molecule has 0 radical (unpaired) electrons. The molecule has 0 bridgehead atoms. The number of hydrogen-bond donors (Lipinski definition) is 2. The molecule has 1 saturated carbocycles. The highest BCUT2D eigenvalue weighted by molar-refractivity contribution is 4.72. The van der Waals surface area contributed by atoms with Crippen molar-refractivity contribution in [2.75, 3.05) is 0 Å². The van der Waals surface area contributed by atoms with Crippen LogP contribution in [0.15, 0.2) is 0 Å². The van der Waals surface area contributed by atoms with Crippen LogP contribution < -0.4 is 5.73 Å². The Hall–Kier alpha value is -0.0800. The highest BCUT2D eigenvalue weighted by Crippen LogP contribution is 2.16. The van der Waals surface area contributed by atoms with E-state index in [0.717, 1.165) is 19.3 Å². The predicted molar refractivity (Wildman–Crippen MR) is 60.2 cm³/mol. The molecule has 1 rings (SSSR count). The minimum atomic E-state index is -0.255. The van der Waals surface area contributed by atoms with Crippen LogP contribution in [0.4, 0.5) is 0 Å². The van der Waals surface area contributed by atoms with Crippen LogP contribution in [0.2, 0.25) is 0 Å². The Morgan fingerprint density at radius 2 is 1.14 bits per heavy atom. The summed E-state index contributed by atoms with van der Waals surface area (Å²) in [7, 11) is 0. The fourth-order valence-corrected chi connectivity index (χ4v) is 2.20. The molecule has 0 aromatic rings. The van der Waals surface area contributed by atoms with E-state index in [1.165, 1.54) is 44.9 Å². The van der Waals surface area contributed by atoms with E-state index in [-0.39, 0.29) is 12.1 Å². The molecular weight excluding hydrogens is 174 g/mol. The van der Waals surface area contributed by atoms with Crippen molar-refractivity contribution in [3.8, 4) is 0 Å². The lowest BCUT2D eigenvalue weighted by Crippen LogP contribution is -2.34. The molecule has 0 amide bonds. The first-order valence-corrected chi connectivity index (χ1v) is 6.24. The second-order valence-corrected chi connectivity index (χ2v) is 4.64. The molecule has 0 spiro atoms. The van der Waals surface area contributed by atoms with Crippen molar-refractivity contribution in [2.24, 2.45) is 5.73 Å². The van der Waals surface area contributed by atoms with Crippen molar-refractivity contribution in [1.82, 2.24) is 0 Å². The van der Waals surface area contributed by atoms with E-state index >= 15 is 0 Å². The van der Waals surface area contributed by atoms with Gasteiger partial charge in [0.2, 0.25) is 0 Å². The zero-order chi connectivity index (χ0) is 10.2. The van der Waals surface area contributed by atoms with Crippen molar-refractivity contribution < 1.29 is 5.11 Å². The van der Waals surface area contributed by atoms with E-state index in [4.69, 9.17) is 5.73 Å². The minimum Gasteiger partial charge on any atom is -0.392 e. The topological polar surface area (TPSA) is 46.2 Å². The van der Waals surface area contributed by atoms with Gasteiger partial charge in [0, 0.05) is 6.04 Å². The molecule has 3 N–H and O–H groups in total. The molecule has 1 aliphatic rings. The maximum absolute atomic E-state index is 9.74. The normalized spacial score (nSPS) is 33.0. The Bertz CT molecular complexity index is 122. The molecule has 2 atom stereocenters. The maximum atomic E-state index is 9.74. The summed E-state index contributed by atoms with van der Waals surface area (Å²) in [4.78, 5) is 0. The quantitative estimate of drug-likeness (QED) is 0.630. The van der Waals surface area contributed by atoms with Crippen LogP contribution in [-0.2, 0) is 0 Å². The molecule has 2 unspecified atom stereocenters. The summed E-state index contributed by atoms with van der Waals surface area (Å²) in [5.41, 5.74) is 5.91. The van der Waals surface area contributed by atoms with Gasteiger partial charge in [0.05, 0.1) is 6.10 Å². The number of rotatable bonds is 0. The first-order chi connectivity index (χ1) is 6.80. The summed E-state index contributed by atoms with van der Waals surface area (Å²) in [6.07, 6.45) is 12.0. The highest BCUT2D eigenvalue weighted by Gasteiger charge is 2.13. The Morgan fingerprint density at radius 1 is 0.714 bits per heavy atom. The minimum absolute atomic E-state index is 0.0226. The molecule has 1 aliphatic carbocycles. The number of aliphatic hydroxyl groups is 1. The summed E-state index contributed by atoms with van der Waals surface area (Å²) >= 11 is 0. The first-order valence-electron chi connectivity index (χ1n) is 6.24. The number of hydrogen-bond acceptors (Lipinski definition) is 2. The third-order valence-corrected chi connectivity index (χ3v) is 3.28. The highest BCUT2D eigenvalue weighted by atomic mass is 16.3. The van der Waals surface area contributed by atoms with Crippen molar-refractivity contribution in [1.29, 1.82) is 0 Å². The van der Waals surface area contributed by atoms with E-state index in [1.54, 1.807) is 0 Å². The van der Waals surface area contributed by atoms with E-state index in [1.807, 2.05) is 0 Å². The maximum Gasteiger partial charge on any atom is 0.0691 e. The average Bonchev–Trinajstić information content (AvgIpc) is 2.18. The summed E-state index contributed by atoms with van der Waals surface area (Å²) in [6, 6.07) is 0.0226. The third-order valence-electron chi connectivity index (χ3n) is 3.28. The van der Waals surface area contributed by atoms with E-state index in [0.29, 0.717) is 0 Å². The second-order valence-electron chi connectivity index (χ2n) is 4.64. The van der Waals surface area contributed by atoms with E-state index < -0.39 is 0 Å². The van der Waals surface area contributed by atoms with Crippen LogP contribution in [0.1, 0.15) is 64.2 Å². The van der Waals surface area contributed by atoms with Crippen LogP contribution >= 0.6 is 0 Å². The van der Waals surface area contributed by atoms with E-state index in [2.05, 4.69) is 0 Å². The average molecular weight is 199 g/mol. The molecule has 14 heavy (non-hydrogen) atoms. The SMILES string of the molecule is NC1CCCCCCCCCCC1O. The zero-order valence-electron chi connectivity index (χ0n) is 9.25. The van der Waals surface area contributed by atoms with Gasteiger partial charge in [0.15, 0.2) is 0 Å². The standard InChI is InChI=1S/C12H25NO/c13-11-9-7-5-3-1-2-4-6-8-10-12(11)14/h11-12,14H,1-10,13H2. The van der Waals surface area contributed by atoms with Gasteiger partial charge in [-0.05, 0) is 12.8 Å². The van der Waals surface area contributed by atoms with Gasteiger partial charge in [-0.1, -0.05) is 51.4 Å². The fourth-order valence-electron chi connectivity index (χ4n) is 2.20. The van der Waals surface area contributed by atoms with E-state index in [9.17, 15) is 5.11 Å². The molecule has 0 aromatic heterocycles. The summed E-state index contributed by atoms with van der Waals surface area (Å²) in [6.45, 7) is 0. The monoisotopic (exact) mass is 199 g/mol. The van der Waals surface area contributed by atoms with Crippen molar-refractivity contribution in [3.05, 3.63) is 0 Å². The molecule has 0 aromatic carbocycles. The van der Waals surface area contributed by atoms with Gasteiger partial charge in [-0.2, -0.15) is 0 Å². The van der Waals surface area contributed by atoms with Gasteiger partial charge >= 0.3 is 0 Å². The Labute approximate surface area is 87.9 Å². The van der Waals surface area contributed by atoms with Gasteiger partial charge in [-0.15, -0.1) is 0 Å². The fraction of sp³-hybridized carbons (Fsp3) is 1.00. The zero-order valence-corrected chi connectivity index (χ0v) is 9.25. The van der Waals surface area contributed by atoms with Crippen LogP contribution in [-0.4, -0.2) is 17.3 Å². The molecule has 0 heterocycles. The Balaban J connectivity index is 2.23. The molecule has 2 heteroatoms. The van der Waals surface area contributed by atoms with Crippen molar-refractivity contribution in [2.45, 2.75) is 76.4 Å². The first kappa shape index (κ1) is 12.0. The molecule has 84 valence electrons. The van der Waals surface area contributed by atoms with Gasteiger partial charge < -0.3 is 10.8 Å². The molecule has 2 nitrogen and oxygen atoms in total. The smallest absolute Gasteiger partial charge is 0.0691 e. The molecular formula is C12H25NO. The van der Waals surface area contributed by atoms with Crippen molar-refractivity contribution in [3.63, 3.8) is 0 Å². The van der Waals surface area contributed by atoms with Crippen LogP contribution in [0, 0.1) is 0 Å². The lowest BCUT2D eigenvalue weighted by molar-refractivity contribution is 0.126. The van der Waals surface area contributed by atoms with Crippen LogP contribution in [0.25, 0.3) is 0 Å². The summed E-state index contributed by atoms with van der Waals surface area (Å²) in [5.74, 6) is 0. The van der Waals surface area contributed by atoms with Gasteiger partial charge in [0.25, 0.3) is 0 Å². The van der Waals surface area contributed by atoms with Crippen molar-refractivity contribution >= 4 is 0 Å². The van der Waals surface area contributed by atoms with Crippen LogP contribution in [0.5, 0.6) is 0 Å². The second kappa shape index (κ2) is 7.24. The lowest BCUT2D eigenvalue weighted by atomic mass is 9.96. The molecule has 1 fully saturated rings. The molecule has 0 saturated heterocycles. The van der Waals surface area contributed by atoms with Gasteiger partial charge in [0.1, 0.15) is 0 Å². The largest absolute Gasteiger partial charge is 0.392 e. The Morgan fingerprint density at radius 3 is 1.71 bits per heavy atom. The van der Waals surface area contributed by atoms with Crippen LogP contribution in [0.3, 0.4) is 0 Å². The summed E-state index contributed by atoms with van der Waals surface area (Å²) in [5, 5.41) is 9.74. The Kier molecular flexibility index (Phi) is 6.20. The van der Waals surface area contributed by atoms with Gasteiger partial charge in [-0.3, -0.25) is 0 Å². The van der Waals surface area contributed by atoms with Gasteiger partial charge in [-0.25, -0.2) is 0 Å². The summed E-state index contributed by atoms with van der Waals surface area (Å²) < 4.78 is 0. The molecule has 0 aliphatic heterocycles. The number of nitrogens with two attached hydrogens (primary N) is 1. The third kappa shape index (κ3) is 4.97. The lowest BCUT2D eigenvalue weighted by Gasteiger charge is -2.19. The number of aliphatic hydroxyl groups excluding tert-OH is 1. The predicted octanol–water partition coefficient (Wildman–Crippen LogP) is 2.59.